The van der Waals surface area contributed by atoms with Crippen LogP contribution in [-0.2, 0) is 39.7 Å². The van der Waals surface area contributed by atoms with Gasteiger partial charge < -0.3 is 0 Å². The van der Waals surface area contributed by atoms with Gasteiger partial charge in [0.2, 0.25) is 0 Å². The molecule has 2 aliphatic carbocycles. The first-order chi connectivity index (χ1) is 31.2. The number of fused-ring (bicyclic) bond motifs is 2. The zero-order chi connectivity index (χ0) is 50.2. The van der Waals surface area contributed by atoms with Gasteiger partial charge >= 0.3 is 394 Å². The van der Waals surface area contributed by atoms with Crippen LogP contribution in [0.1, 0.15) is 97.1 Å². The van der Waals surface area contributed by atoms with Crippen LogP contribution in [-0.4, -0.2) is 5.43 Å². The van der Waals surface area contributed by atoms with E-state index in [4.69, 9.17) is 25.9 Å². The molecule has 2 atom stereocenters. The third kappa shape index (κ3) is 8.30. The first-order valence-electron chi connectivity index (χ1n) is 21.0. The Hall–Kier alpha value is -4.24. The first-order valence-corrected chi connectivity index (χ1v) is 36.4. The Morgan fingerprint density at radius 1 is 0.456 bits per heavy atom. The van der Waals surface area contributed by atoms with E-state index in [0.29, 0.717) is 80.3 Å². The molecule has 0 amide bonds. The third-order valence-corrected chi connectivity index (χ3v) is 59.7. The molecule has 2 aliphatic rings. The molecule has 0 saturated heterocycles. The number of hydrogen-bond acceptors (Lipinski definition) is 2. The minimum absolute atomic E-state index is 0.0556. The zero-order valence-corrected chi connectivity index (χ0v) is 42.3. The molecule has 2 heterocycles. The molecule has 18 heteroatoms. The van der Waals surface area contributed by atoms with Crippen LogP contribution in [0.4, 0.5) is 52.7 Å². The fourth-order valence-electron chi connectivity index (χ4n) is 9.82. The van der Waals surface area contributed by atoms with Gasteiger partial charge in [0.25, 0.3) is 0 Å². The van der Waals surface area contributed by atoms with Gasteiger partial charge in [0.15, 0.2) is 0 Å². The molecule has 0 N–H and O–H groups in total. The van der Waals surface area contributed by atoms with Crippen LogP contribution in [0.2, 0.25) is 13.1 Å². The molecule has 68 heavy (non-hydrogen) atoms. The van der Waals surface area contributed by atoms with E-state index in [-0.39, 0.29) is 57.0 Å². The Balaban J connectivity index is 1.49. The van der Waals surface area contributed by atoms with Gasteiger partial charge in [-0.2, -0.15) is 0 Å². The van der Waals surface area contributed by atoms with E-state index < -0.39 is 74.7 Å². The second-order valence-electron chi connectivity index (χ2n) is 18.0. The van der Waals surface area contributed by atoms with Crippen molar-refractivity contribution < 1.29 is 76.5 Å². The van der Waals surface area contributed by atoms with E-state index in [9.17, 15) is 52.7 Å². The van der Waals surface area contributed by atoms with Crippen LogP contribution in [0.5, 0.6) is 0 Å². The van der Waals surface area contributed by atoms with Crippen molar-refractivity contribution >= 4 is 45.8 Å². The Morgan fingerprint density at radius 2 is 0.765 bits per heavy atom. The van der Waals surface area contributed by atoms with E-state index in [1.54, 1.807) is 90.1 Å². The summed E-state index contributed by atoms with van der Waals surface area (Å²) in [4.78, 5) is 0. The number of hydrogen-bond donors (Lipinski definition) is 0. The molecule has 0 aliphatic heterocycles. The summed E-state index contributed by atoms with van der Waals surface area (Å²) in [6.45, 7) is 13.9. The summed E-state index contributed by atoms with van der Waals surface area (Å²) in [5.41, 5.74) is -4.52. The van der Waals surface area contributed by atoms with Crippen molar-refractivity contribution in [2.75, 3.05) is 0 Å². The Kier molecular flexibility index (Phi) is 12.1. The van der Waals surface area contributed by atoms with E-state index >= 15 is 0 Å². The van der Waals surface area contributed by atoms with Gasteiger partial charge in [-0.3, -0.25) is 0 Å². The average molecular weight is 1090 g/mol. The molecule has 2 nitrogen and oxygen atoms in total. The molecule has 8 rings (SSSR count). The van der Waals surface area contributed by atoms with Crippen LogP contribution in [0.15, 0.2) is 81.6 Å². The standard InChI is InChI=1S/2C24H17F6O.C2H6Si.2ClH.Zr/c2*1-12-4-5-15-7-16(21-6-13(2)14(3)31-21)10-20(15)22(12)17-8-18(23(25,26)27)11-19(9-17)24(28,29)30;1-3-2;;;/h2*4-11H,1-3H3;1-2H3;2*1H;/q;;;;;+2/p-2. The van der Waals surface area contributed by atoms with E-state index in [0.717, 1.165) is 0 Å². The van der Waals surface area contributed by atoms with Crippen LogP contribution in [0.25, 0.3) is 45.6 Å². The summed E-state index contributed by atoms with van der Waals surface area (Å²) in [7, 11) is 17.3. The van der Waals surface area contributed by atoms with Gasteiger partial charge in [-0.25, -0.2) is 0 Å². The van der Waals surface area contributed by atoms with Gasteiger partial charge in [-0.05, 0) is 0 Å². The minimum atomic E-state index is -6.29. The quantitative estimate of drug-likeness (QED) is 0.123. The van der Waals surface area contributed by atoms with Crippen molar-refractivity contribution in [2.24, 2.45) is 0 Å². The van der Waals surface area contributed by atoms with Crippen molar-refractivity contribution in [3.63, 3.8) is 0 Å². The number of furan rings is 2. The van der Waals surface area contributed by atoms with Crippen molar-refractivity contribution in [2.45, 2.75) is 86.6 Å². The van der Waals surface area contributed by atoms with Gasteiger partial charge in [-0.1, -0.05) is 0 Å². The number of alkyl halides is 12. The fourth-order valence-corrected chi connectivity index (χ4v) is 37.5. The SMILES string of the molecule is Cc1cc(C2=Cc3c(ccc(C)c3-c3cc(C(F)(F)F)cc(C(F)(F)F)c3)[CH]2[Zr]([Cl])([Cl])([CH]2C(c3cc(C)c(C)o3)=Cc3c2ccc(C)c3-c2cc(C(F)(F)F)cc(C(F)(F)F)c2)=[Si](C)C)oc1C. The van der Waals surface area contributed by atoms with Crippen LogP contribution >= 0.6 is 17.0 Å². The number of benzene rings is 4. The van der Waals surface area contributed by atoms with Gasteiger partial charge in [0.1, 0.15) is 0 Å². The molecule has 0 fully saturated rings. The molecule has 6 aromatic rings. The predicted molar refractivity (Wildman–Crippen MR) is 240 cm³/mol. The maximum absolute atomic E-state index is 14.4. The summed E-state index contributed by atoms with van der Waals surface area (Å²) in [5.74, 6) is 1.59. The molecule has 2 aromatic heterocycles. The van der Waals surface area contributed by atoms with Crippen LogP contribution < -0.4 is 0 Å². The first kappa shape index (κ1) is 50.2. The van der Waals surface area contributed by atoms with Gasteiger partial charge in [0, 0.05) is 0 Å². The molecule has 0 radical (unpaired) electrons. The van der Waals surface area contributed by atoms with E-state index in [2.05, 4.69) is 0 Å². The fraction of sp³-hybridized carbons (Fsp3) is 0.280. The van der Waals surface area contributed by atoms with E-state index in [1.807, 2.05) is 13.1 Å². The molecular weight excluding hydrogens is 1050 g/mol. The Labute approximate surface area is 391 Å². The van der Waals surface area contributed by atoms with Gasteiger partial charge in [-0.15, -0.1) is 0 Å². The average Bonchev–Trinajstić information content (AvgIpc) is 3.99. The second kappa shape index (κ2) is 16.4. The van der Waals surface area contributed by atoms with Crippen molar-refractivity contribution in [3.8, 4) is 22.3 Å². The molecule has 0 spiro atoms. The van der Waals surface area contributed by atoms with Crippen molar-refractivity contribution in [3.05, 3.63) is 163 Å². The number of halogens is 14. The van der Waals surface area contributed by atoms with Crippen molar-refractivity contribution in [1.82, 2.24) is 0 Å². The topological polar surface area (TPSA) is 26.3 Å². The maximum atomic E-state index is 14.4. The van der Waals surface area contributed by atoms with E-state index in [1.165, 1.54) is 0 Å². The summed E-state index contributed by atoms with van der Waals surface area (Å²) < 4.78 is 183. The molecule has 358 valence electrons. The molecule has 4 aromatic carbocycles. The number of allylic oxidation sites excluding steroid dienone is 2. The third-order valence-electron chi connectivity index (χ3n) is 13.5. The number of rotatable bonds is 6. The monoisotopic (exact) mass is 1090 g/mol. The summed E-state index contributed by atoms with van der Waals surface area (Å²) in [5, 5.41) is 0. The predicted octanol–water partition coefficient (Wildman–Crippen LogP) is 18.3. The summed E-state index contributed by atoms with van der Waals surface area (Å²) >= 11 is -6.29. The molecule has 0 saturated carbocycles. The summed E-state index contributed by atoms with van der Waals surface area (Å²) in [6.07, 6.45) is -17.3. The molecule has 0 bridgehead atoms. The Bertz CT molecular complexity index is 2930. The van der Waals surface area contributed by atoms with Gasteiger partial charge in [0.05, 0.1) is 0 Å². The summed E-state index contributed by atoms with van der Waals surface area (Å²) in [6, 6.07) is 12.8. The normalized spacial score (nSPS) is 16.8. The second-order valence-corrected chi connectivity index (χ2v) is 56.8. The van der Waals surface area contributed by atoms with Crippen molar-refractivity contribution in [1.29, 1.82) is 0 Å². The zero-order valence-electron chi connectivity index (χ0n) is 37.3. The molecular formula is C50H40Cl2F12O2SiZr. The van der Waals surface area contributed by atoms with Crippen LogP contribution in [0.3, 0.4) is 0 Å². The number of aryl methyl sites for hydroxylation is 6. The molecule has 2 unspecified atom stereocenters. The van der Waals surface area contributed by atoms with Crippen LogP contribution in [0, 0.1) is 41.5 Å². The Morgan fingerprint density at radius 3 is 1.01 bits per heavy atom.